The van der Waals surface area contributed by atoms with E-state index in [1.54, 1.807) is 0 Å². The van der Waals surface area contributed by atoms with Gasteiger partial charge in [0, 0.05) is 5.92 Å². The molecule has 0 rings (SSSR count). The van der Waals surface area contributed by atoms with E-state index in [1.807, 2.05) is 6.92 Å². The van der Waals surface area contributed by atoms with E-state index in [-0.39, 0.29) is 5.04 Å². The lowest BCUT2D eigenvalue weighted by Gasteiger charge is -2.42. The summed E-state index contributed by atoms with van der Waals surface area (Å²) >= 11 is 0. The Balaban J connectivity index is 5.24. The average molecular weight is 393 g/mol. The fraction of sp³-hybridized carbons (Fsp3) is 0.696. The molecule has 27 heavy (non-hydrogen) atoms. The van der Waals surface area contributed by atoms with E-state index < -0.39 is 19.9 Å². The first-order chi connectivity index (χ1) is 12.2. The van der Waals surface area contributed by atoms with Gasteiger partial charge >= 0.3 is 5.97 Å². The fourth-order valence-electron chi connectivity index (χ4n) is 2.37. The van der Waals surface area contributed by atoms with Gasteiger partial charge in [-0.25, -0.2) is 4.79 Å². The van der Waals surface area contributed by atoms with Gasteiger partial charge < -0.3 is 9.16 Å². The van der Waals surface area contributed by atoms with Crippen molar-refractivity contribution < 1.29 is 14.0 Å². The molecule has 0 spiro atoms. The van der Waals surface area contributed by atoms with Crippen molar-refractivity contribution in [3.8, 4) is 11.8 Å². The molecule has 0 aliphatic heterocycles. The predicted molar refractivity (Wildman–Crippen MR) is 118 cm³/mol. The van der Waals surface area contributed by atoms with Gasteiger partial charge in [0.2, 0.25) is 0 Å². The van der Waals surface area contributed by atoms with Crippen LogP contribution in [-0.2, 0) is 14.0 Å². The summed E-state index contributed by atoms with van der Waals surface area (Å²) < 4.78 is 11.3. The van der Waals surface area contributed by atoms with Crippen LogP contribution in [0.5, 0.6) is 0 Å². The smallest absolute Gasteiger partial charge is 0.384 e. The Morgan fingerprint density at radius 1 is 1.04 bits per heavy atom. The number of carbonyl (C=O) groups excluding carboxylic acids is 1. The van der Waals surface area contributed by atoms with Crippen molar-refractivity contribution in [2.24, 2.45) is 0 Å². The van der Waals surface area contributed by atoms with Gasteiger partial charge in [0.25, 0.3) is 0 Å². The summed E-state index contributed by atoms with van der Waals surface area (Å²) in [6.07, 6.45) is 8.31. The van der Waals surface area contributed by atoms with Crippen LogP contribution in [0.4, 0.5) is 0 Å². The van der Waals surface area contributed by atoms with E-state index in [0.717, 1.165) is 25.7 Å². The van der Waals surface area contributed by atoms with Gasteiger partial charge in [0.1, 0.15) is 5.60 Å². The molecule has 0 N–H and O–H groups in total. The van der Waals surface area contributed by atoms with Crippen LogP contribution in [0.2, 0.25) is 18.1 Å². The molecule has 0 saturated heterocycles. The number of hydrogen-bond donors (Lipinski definition) is 0. The maximum absolute atomic E-state index is 11.5. The van der Waals surface area contributed by atoms with Crippen molar-refractivity contribution in [3.05, 3.63) is 23.3 Å². The first kappa shape index (κ1) is 25.7. The van der Waals surface area contributed by atoms with Crippen LogP contribution in [0, 0.1) is 11.8 Å². The van der Waals surface area contributed by atoms with Gasteiger partial charge in [0.15, 0.2) is 8.32 Å². The molecule has 0 aliphatic rings. The first-order valence-electron chi connectivity index (χ1n) is 9.83. The van der Waals surface area contributed by atoms with Crippen molar-refractivity contribution in [1.82, 2.24) is 0 Å². The van der Waals surface area contributed by atoms with Crippen LogP contribution in [0.15, 0.2) is 23.3 Å². The molecule has 0 fully saturated rings. The molecule has 3 nitrogen and oxygen atoms in total. The third-order valence-electron chi connectivity index (χ3n) is 5.11. The molecule has 4 heteroatoms. The maximum atomic E-state index is 11.5. The summed E-state index contributed by atoms with van der Waals surface area (Å²) in [4.78, 5) is 11.5. The topological polar surface area (TPSA) is 35.5 Å². The summed E-state index contributed by atoms with van der Waals surface area (Å²) in [7, 11) is -0.668. The second-order valence-corrected chi connectivity index (χ2v) is 14.0. The number of esters is 1. The zero-order valence-corrected chi connectivity index (χ0v) is 20.2. The lowest BCUT2D eigenvalue weighted by atomic mass is 9.99. The van der Waals surface area contributed by atoms with Gasteiger partial charge in [-0.1, -0.05) is 50.0 Å². The van der Waals surface area contributed by atoms with Gasteiger partial charge in [-0.05, 0) is 71.5 Å². The fourth-order valence-corrected chi connectivity index (χ4v) is 3.96. The second-order valence-electron chi connectivity index (χ2n) is 9.24. The summed E-state index contributed by atoms with van der Waals surface area (Å²) in [5, 5.41) is 0.0807. The van der Waals surface area contributed by atoms with Gasteiger partial charge in [-0.2, -0.15) is 0 Å². The lowest BCUT2D eigenvalue weighted by Crippen LogP contribution is -2.48. The van der Waals surface area contributed by atoms with E-state index in [4.69, 9.17) is 4.43 Å². The van der Waals surface area contributed by atoms with Gasteiger partial charge in [0.05, 0.1) is 7.11 Å². The Morgan fingerprint density at radius 2 is 1.63 bits per heavy atom. The molecule has 1 atom stereocenters. The monoisotopic (exact) mass is 392 g/mol. The summed E-state index contributed by atoms with van der Waals surface area (Å²) in [5.74, 6) is 5.13. The highest BCUT2D eigenvalue weighted by molar-refractivity contribution is 6.74. The van der Waals surface area contributed by atoms with E-state index in [2.05, 4.69) is 83.4 Å². The molecule has 0 radical (unpaired) electrons. The number of rotatable bonds is 8. The molecule has 0 bridgehead atoms. The van der Waals surface area contributed by atoms with Crippen LogP contribution in [0.1, 0.15) is 74.1 Å². The normalized spacial score (nSPS) is 14.7. The minimum atomic E-state index is -2.02. The summed E-state index contributed by atoms with van der Waals surface area (Å²) in [6.45, 7) is 19.5. The first-order valence-corrected chi connectivity index (χ1v) is 12.7. The Labute approximate surface area is 168 Å². The minimum absolute atomic E-state index is 0.0807. The average Bonchev–Trinajstić information content (AvgIpc) is 2.50. The van der Waals surface area contributed by atoms with Crippen LogP contribution in [-0.4, -0.2) is 27.0 Å². The Kier molecular flexibility index (Phi) is 10.3. The highest BCUT2D eigenvalue weighted by atomic mass is 28.4. The Morgan fingerprint density at radius 3 is 2.11 bits per heavy atom. The molecule has 0 heterocycles. The van der Waals surface area contributed by atoms with Crippen LogP contribution < -0.4 is 0 Å². The Bertz CT molecular complexity index is 608. The van der Waals surface area contributed by atoms with Crippen LogP contribution in [0.3, 0.4) is 0 Å². The molecule has 0 aromatic carbocycles. The molecule has 0 saturated carbocycles. The number of methoxy groups -OCH3 is 1. The highest BCUT2D eigenvalue weighted by Gasteiger charge is 2.42. The molecule has 0 amide bonds. The van der Waals surface area contributed by atoms with E-state index in [9.17, 15) is 4.79 Å². The highest BCUT2D eigenvalue weighted by Crippen LogP contribution is 2.40. The number of ether oxygens (including phenoxy) is 1. The molecular weight excluding hydrogens is 352 g/mol. The van der Waals surface area contributed by atoms with Crippen molar-refractivity contribution in [3.63, 3.8) is 0 Å². The van der Waals surface area contributed by atoms with Crippen molar-refractivity contribution in [2.45, 2.75) is 97.9 Å². The van der Waals surface area contributed by atoms with E-state index >= 15 is 0 Å². The molecule has 154 valence electrons. The van der Waals surface area contributed by atoms with E-state index in [1.165, 1.54) is 18.3 Å². The van der Waals surface area contributed by atoms with E-state index in [0.29, 0.717) is 0 Å². The third-order valence-corrected chi connectivity index (χ3v) is 9.68. The standard InChI is InChI=1S/C23H40O3Si/c1-19(2)13-11-14-20(3)15-12-17-23(7,18-16-21(24)25-8)26-27(9,10)22(4,5)6/h13,15H,11-12,14,17H2,1-10H3/b20-15-. The molecule has 0 aromatic heterocycles. The second kappa shape index (κ2) is 10.9. The molecule has 1 unspecified atom stereocenters. The zero-order chi connectivity index (χ0) is 21.3. The SMILES string of the molecule is COC(=O)C#CC(C)(CC/C=C(/C)CCC=C(C)C)O[Si](C)(C)C(C)(C)C. The number of carbonyl (C=O) groups is 1. The minimum Gasteiger partial charge on any atom is -0.459 e. The zero-order valence-electron chi connectivity index (χ0n) is 19.2. The number of allylic oxidation sites excluding steroid dienone is 4. The predicted octanol–water partition coefficient (Wildman–Crippen LogP) is 6.42. The Hall–Kier alpha value is -1.31. The maximum Gasteiger partial charge on any atom is 0.384 e. The lowest BCUT2D eigenvalue weighted by molar-refractivity contribution is -0.133. The third kappa shape index (κ3) is 10.6. The van der Waals surface area contributed by atoms with Crippen molar-refractivity contribution in [2.75, 3.05) is 7.11 Å². The summed E-state index contributed by atoms with van der Waals surface area (Å²) in [6, 6.07) is 0. The number of hydrogen-bond acceptors (Lipinski definition) is 3. The summed E-state index contributed by atoms with van der Waals surface area (Å²) in [5.41, 5.74) is 2.08. The van der Waals surface area contributed by atoms with Crippen LogP contribution in [0.25, 0.3) is 0 Å². The van der Waals surface area contributed by atoms with Crippen LogP contribution >= 0.6 is 0 Å². The molecule has 0 aromatic rings. The molecular formula is C23H40O3Si. The quantitative estimate of drug-likeness (QED) is 0.157. The van der Waals surface area contributed by atoms with Gasteiger partial charge in [-0.15, -0.1) is 0 Å². The van der Waals surface area contributed by atoms with Crippen molar-refractivity contribution in [1.29, 1.82) is 0 Å². The molecule has 0 aliphatic carbocycles. The van der Waals surface area contributed by atoms with Crippen molar-refractivity contribution >= 4 is 14.3 Å². The van der Waals surface area contributed by atoms with Gasteiger partial charge in [-0.3, -0.25) is 0 Å². The largest absolute Gasteiger partial charge is 0.459 e.